The zero-order chi connectivity index (χ0) is 18.4. The van der Waals surface area contributed by atoms with Gasteiger partial charge in [-0.15, -0.1) is 24.8 Å². The van der Waals surface area contributed by atoms with Gasteiger partial charge in [0.1, 0.15) is 12.2 Å². The molecule has 0 spiro atoms. The molecule has 2 rings (SSSR count). The van der Waals surface area contributed by atoms with E-state index in [2.05, 4.69) is 15.5 Å². The fourth-order valence-corrected chi connectivity index (χ4v) is 3.49. The molecule has 8 nitrogen and oxygen atoms in total. The zero-order valence-electron chi connectivity index (χ0n) is 15.7. The van der Waals surface area contributed by atoms with Crippen molar-refractivity contribution in [1.29, 1.82) is 0 Å². The Morgan fingerprint density at radius 3 is 2.52 bits per heavy atom. The lowest BCUT2D eigenvalue weighted by molar-refractivity contribution is -0.0205. The number of nitrogens with zero attached hydrogens (tertiary/aromatic N) is 2. The van der Waals surface area contributed by atoms with E-state index in [1.807, 2.05) is 42.9 Å². The monoisotopic (exact) mass is 444 g/mol. The lowest BCUT2D eigenvalue weighted by Crippen LogP contribution is -2.51. The number of hydrogen-bond acceptors (Lipinski definition) is 7. The third kappa shape index (κ3) is 7.71. The molecule has 158 valence electrons. The molecule has 1 aliphatic rings. The SMILES string of the molecule is CN(C)CCN(C)[C@@H]1[C@H](O)[C@H](CO)O[C@@H]1CNC(=O)Nc1ccsc1.Cl.Cl. The molecule has 1 aromatic rings. The number of likely N-dealkylation sites (N-methyl/N-ethyl adjacent to an activating group) is 2. The third-order valence-corrected chi connectivity index (χ3v) is 4.98. The van der Waals surface area contributed by atoms with Gasteiger partial charge in [-0.3, -0.25) is 4.90 Å². The van der Waals surface area contributed by atoms with Crippen molar-refractivity contribution >= 4 is 47.9 Å². The van der Waals surface area contributed by atoms with Crippen LogP contribution >= 0.6 is 36.2 Å². The molecule has 0 aliphatic carbocycles. The molecule has 0 bridgehead atoms. The predicted octanol–water partition coefficient (Wildman–Crippen LogP) is 0.696. The number of hydrogen-bond donors (Lipinski definition) is 4. The molecule has 0 unspecified atom stereocenters. The Balaban J connectivity index is 0.00000338. The summed E-state index contributed by atoms with van der Waals surface area (Å²) in [5.41, 5.74) is 0.739. The maximum absolute atomic E-state index is 12.0. The number of carbonyl (C=O) groups excluding carboxylic acids is 1. The molecule has 27 heavy (non-hydrogen) atoms. The van der Waals surface area contributed by atoms with Gasteiger partial charge in [0, 0.05) is 25.0 Å². The number of halogens is 2. The number of amides is 2. The lowest BCUT2D eigenvalue weighted by Gasteiger charge is -2.31. The fourth-order valence-electron chi connectivity index (χ4n) is 2.90. The van der Waals surface area contributed by atoms with Crippen LogP contribution in [-0.4, -0.2) is 97.8 Å². The number of thiophene rings is 1. The Morgan fingerprint density at radius 2 is 1.96 bits per heavy atom. The standard InChI is InChI=1S/C16H28N4O4S.2ClH/c1-19(2)5-6-20(3)14-12(24-13(9-21)15(14)22)8-17-16(23)18-11-4-7-25-10-11;;/h4,7,10,12-15,21-22H,5-6,8-9H2,1-3H3,(H2,17,18,23);2*1H/t12-,13+,14+,15-;;/m1../s1. The molecule has 1 saturated heterocycles. The zero-order valence-corrected chi connectivity index (χ0v) is 18.1. The Bertz CT molecular complexity index is 538. The second kappa shape index (κ2) is 12.7. The van der Waals surface area contributed by atoms with Gasteiger partial charge in [0.25, 0.3) is 0 Å². The molecule has 4 N–H and O–H groups in total. The molecule has 1 fully saturated rings. The van der Waals surface area contributed by atoms with E-state index in [9.17, 15) is 15.0 Å². The van der Waals surface area contributed by atoms with Gasteiger partial charge in [0.2, 0.25) is 0 Å². The molecule has 0 aromatic carbocycles. The summed E-state index contributed by atoms with van der Waals surface area (Å²) in [4.78, 5) is 16.1. The van der Waals surface area contributed by atoms with Crippen molar-refractivity contribution in [3.8, 4) is 0 Å². The number of ether oxygens (including phenoxy) is 1. The summed E-state index contributed by atoms with van der Waals surface area (Å²) < 4.78 is 5.75. The highest BCUT2D eigenvalue weighted by Crippen LogP contribution is 2.25. The summed E-state index contributed by atoms with van der Waals surface area (Å²) in [7, 11) is 5.89. The molecule has 11 heteroatoms. The van der Waals surface area contributed by atoms with Gasteiger partial charge in [0.15, 0.2) is 0 Å². The molecule has 0 radical (unpaired) electrons. The van der Waals surface area contributed by atoms with E-state index in [1.54, 1.807) is 0 Å². The van der Waals surface area contributed by atoms with Gasteiger partial charge in [-0.05, 0) is 32.6 Å². The summed E-state index contributed by atoms with van der Waals surface area (Å²) in [5.74, 6) is 0. The Labute approximate surface area is 176 Å². The topological polar surface area (TPSA) is 97.3 Å². The van der Waals surface area contributed by atoms with E-state index in [0.717, 1.165) is 18.8 Å². The maximum Gasteiger partial charge on any atom is 0.319 e. The average molecular weight is 445 g/mol. The largest absolute Gasteiger partial charge is 0.394 e. The minimum Gasteiger partial charge on any atom is -0.394 e. The van der Waals surface area contributed by atoms with Crippen molar-refractivity contribution in [3.05, 3.63) is 16.8 Å². The van der Waals surface area contributed by atoms with Gasteiger partial charge < -0.3 is 30.5 Å². The smallest absolute Gasteiger partial charge is 0.319 e. The van der Waals surface area contributed by atoms with Crippen molar-refractivity contribution in [1.82, 2.24) is 15.1 Å². The van der Waals surface area contributed by atoms with Crippen LogP contribution in [0.4, 0.5) is 10.5 Å². The van der Waals surface area contributed by atoms with E-state index in [0.29, 0.717) is 0 Å². The minimum atomic E-state index is -0.802. The minimum absolute atomic E-state index is 0. The van der Waals surface area contributed by atoms with E-state index in [-0.39, 0.29) is 50.0 Å². The summed E-state index contributed by atoms with van der Waals surface area (Å²) in [6.45, 7) is 1.58. The predicted molar refractivity (Wildman–Crippen MR) is 113 cm³/mol. The number of aliphatic hydroxyl groups is 2. The summed E-state index contributed by atoms with van der Waals surface area (Å²) in [6, 6.07) is 1.21. The van der Waals surface area contributed by atoms with Crippen LogP contribution in [-0.2, 0) is 4.74 Å². The van der Waals surface area contributed by atoms with Crippen molar-refractivity contribution < 1.29 is 19.7 Å². The van der Waals surface area contributed by atoms with Crippen molar-refractivity contribution in [2.24, 2.45) is 0 Å². The van der Waals surface area contributed by atoms with Crippen molar-refractivity contribution in [2.75, 3.05) is 52.7 Å². The first-order chi connectivity index (χ1) is 11.9. The number of urea groups is 1. The molecule has 1 aliphatic heterocycles. The summed E-state index contributed by atoms with van der Waals surface area (Å²) >= 11 is 1.50. The van der Waals surface area contributed by atoms with Crippen LogP contribution < -0.4 is 10.6 Å². The number of carbonyl (C=O) groups is 1. The summed E-state index contributed by atoms with van der Waals surface area (Å²) in [5, 5.41) is 29.1. The van der Waals surface area contributed by atoms with Crippen LogP contribution in [0.1, 0.15) is 0 Å². The quantitative estimate of drug-likeness (QED) is 0.471. The molecule has 1 aromatic heterocycles. The van der Waals surface area contributed by atoms with Crippen LogP contribution in [0.2, 0.25) is 0 Å². The van der Waals surface area contributed by atoms with Crippen LogP contribution in [0.15, 0.2) is 16.8 Å². The lowest BCUT2D eigenvalue weighted by atomic mass is 10.0. The first-order valence-electron chi connectivity index (χ1n) is 8.28. The second-order valence-electron chi connectivity index (χ2n) is 6.51. The highest BCUT2D eigenvalue weighted by Gasteiger charge is 2.45. The van der Waals surface area contributed by atoms with Gasteiger partial charge in [-0.1, -0.05) is 0 Å². The molecular formula is C16H30Cl2N4O4S. The van der Waals surface area contributed by atoms with Crippen LogP contribution in [0, 0.1) is 0 Å². The first kappa shape index (κ1) is 26.4. The van der Waals surface area contributed by atoms with Crippen molar-refractivity contribution in [3.63, 3.8) is 0 Å². The molecule has 2 amide bonds. The second-order valence-corrected chi connectivity index (χ2v) is 7.29. The maximum atomic E-state index is 12.0. The fraction of sp³-hybridized carbons (Fsp3) is 0.688. The highest BCUT2D eigenvalue weighted by molar-refractivity contribution is 7.08. The molecule has 2 heterocycles. The molecule has 4 atom stereocenters. The van der Waals surface area contributed by atoms with Crippen LogP contribution in [0.5, 0.6) is 0 Å². The normalized spacial score (nSPS) is 24.4. The first-order valence-corrected chi connectivity index (χ1v) is 9.23. The van der Waals surface area contributed by atoms with E-state index in [1.165, 1.54) is 11.3 Å². The van der Waals surface area contributed by atoms with E-state index in [4.69, 9.17) is 4.74 Å². The van der Waals surface area contributed by atoms with Crippen LogP contribution in [0.25, 0.3) is 0 Å². The van der Waals surface area contributed by atoms with Gasteiger partial charge >= 0.3 is 6.03 Å². The number of rotatable bonds is 8. The highest BCUT2D eigenvalue weighted by atomic mass is 35.5. The summed E-state index contributed by atoms with van der Waals surface area (Å²) in [6.07, 6.45) is -1.84. The average Bonchev–Trinajstić information content (AvgIpc) is 3.18. The Morgan fingerprint density at radius 1 is 1.26 bits per heavy atom. The van der Waals surface area contributed by atoms with E-state index >= 15 is 0 Å². The Hall–Kier alpha value is -0.650. The molecule has 0 saturated carbocycles. The third-order valence-electron chi connectivity index (χ3n) is 4.29. The van der Waals surface area contributed by atoms with Crippen LogP contribution in [0.3, 0.4) is 0 Å². The number of nitrogens with one attached hydrogen (secondary N) is 2. The molecular weight excluding hydrogens is 415 g/mol. The van der Waals surface area contributed by atoms with E-state index < -0.39 is 18.3 Å². The van der Waals surface area contributed by atoms with Gasteiger partial charge in [-0.25, -0.2) is 4.79 Å². The Kier molecular flexibility index (Phi) is 12.4. The number of aliphatic hydroxyl groups excluding tert-OH is 2. The van der Waals surface area contributed by atoms with Gasteiger partial charge in [-0.2, -0.15) is 11.3 Å². The van der Waals surface area contributed by atoms with Crippen molar-refractivity contribution in [2.45, 2.75) is 24.4 Å². The van der Waals surface area contributed by atoms with Gasteiger partial charge in [0.05, 0.1) is 24.4 Å². The number of anilines is 1.